The molecule has 0 nitrogen and oxygen atoms in total. The highest BCUT2D eigenvalue weighted by Crippen LogP contribution is 2.32. The molecule has 100 valence electrons. The average Bonchev–Trinajstić information content (AvgIpc) is 2.38. The molecule has 0 saturated heterocycles. The van der Waals surface area contributed by atoms with E-state index in [-0.39, 0.29) is 5.38 Å². The zero-order chi connectivity index (χ0) is 13.8. The second-order valence-electron chi connectivity index (χ2n) is 4.56. The molecule has 0 aromatic heterocycles. The molecule has 0 aliphatic heterocycles. The lowest BCUT2D eigenvalue weighted by Gasteiger charge is -2.12. The maximum Gasteiger partial charge on any atom is 0.0836 e. The Morgan fingerprint density at radius 3 is 2.00 bits per heavy atom. The highest BCUT2D eigenvalue weighted by molar-refractivity contribution is 6.35. The molecule has 0 heterocycles. The lowest BCUT2D eigenvalue weighted by Crippen LogP contribution is -1.94. The van der Waals surface area contributed by atoms with E-state index in [0.29, 0.717) is 10.0 Å². The van der Waals surface area contributed by atoms with Gasteiger partial charge in [0.05, 0.1) is 5.38 Å². The van der Waals surface area contributed by atoms with E-state index < -0.39 is 0 Å². The number of halogens is 3. The van der Waals surface area contributed by atoms with Gasteiger partial charge in [0, 0.05) is 10.0 Å². The molecule has 0 spiro atoms. The number of benzene rings is 2. The lowest BCUT2D eigenvalue weighted by molar-refractivity contribution is 0.920. The molecule has 1 unspecified atom stereocenters. The molecular weight excluding hydrogens is 299 g/mol. The highest BCUT2D eigenvalue weighted by atomic mass is 35.5. The molecule has 2 aromatic carbocycles. The molecule has 0 bridgehead atoms. The fourth-order valence-corrected chi connectivity index (χ4v) is 2.87. The fourth-order valence-electron chi connectivity index (χ4n) is 2.06. The van der Waals surface area contributed by atoms with E-state index in [9.17, 15) is 0 Å². The minimum Gasteiger partial charge on any atom is -0.113 e. The summed E-state index contributed by atoms with van der Waals surface area (Å²) in [5.74, 6) is 0. The summed E-state index contributed by atoms with van der Waals surface area (Å²) in [4.78, 5) is 0. The van der Waals surface area contributed by atoms with Crippen LogP contribution < -0.4 is 0 Å². The Bertz CT molecular complexity index is 526. The first-order valence-corrected chi connectivity index (χ1v) is 7.48. The van der Waals surface area contributed by atoms with Crippen LogP contribution in [0.3, 0.4) is 0 Å². The van der Waals surface area contributed by atoms with Crippen LogP contribution in [-0.2, 0) is 6.42 Å². The molecule has 19 heavy (non-hydrogen) atoms. The monoisotopic (exact) mass is 312 g/mol. The van der Waals surface area contributed by atoms with E-state index >= 15 is 0 Å². The van der Waals surface area contributed by atoms with Crippen LogP contribution in [-0.4, -0.2) is 0 Å². The van der Waals surface area contributed by atoms with Crippen molar-refractivity contribution in [2.45, 2.75) is 25.1 Å². The largest absolute Gasteiger partial charge is 0.113 e. The molecule has 0 aliphatic rings. The molecule has 1 atom stereocenters. The fraction of sp³-hybridized carbons (Fsp3) is 0.250. The van der Waals surface area contributed by atoms with Crippen molar-refractivity contribution in [2.75, 3.05) is 0 Å². The van der Waals surface area contributed by atoms with Crippen molar-refractivity contribution in [2.24, 2.45) is 0 Å². The zero-order valence-corrected chi connectivity index (χ0v) is 12.9. The third-order valence-corrected chi connectivity index (χ3v) is 3.93. The number of aryl methyl sites for hydroxylation is 1. The molecule has 0 N–H and O–H groups in total. The number of alkyl halides is 1. The van der Waals surface area contributed by atoms with E-state index in [4.69, 9.17) is 34.8 Å². The molecule has 0 radical (unpaired) electrons. The van der Waals surface area contributed by atoms with Gasteiger partial charge in [-0.15, -0.1) is 11.6 Å². The zero-order valence-electron chi connectivity index (χ0n) is 10.7. The Hall–Kier alpha value is -0.690. The van der Waals surface area contributed by atoms with Crippen molar-refractivity contribution < 1.29 is 0 Å². The minimum atomic E-state index is -0.230. The molecular formula is C16H15Cl3. The van der Waals surface area contributed by atoms with Crippen molar-refractivity contribution in [1.29, 1.82) is 0 Å². The van der Waals surface area contributed by atoms with Crippen LogP contribution in [0.5, 0.6) is 0 Å². The summed E-state index contributed by atoms with van der Waals surface area (Å²) in [6, 6.07) is 13.8. The van der Waals surface area contributed by atoms with Gasteiger partial charge in [0.25, 0.3) is 0 Å². The summed E-state index contributed by atoms with van der Waals surface area (Å²) in [6.07, 6.45) is 2.24. The average molecular weight is 314 g/mol. The lowest BCUT2D eigenvalue weighted by atomic mass is 10.0. The number of hydrogen-bond acceptors (Lipinski definition) is 0. The van der Waals surface area contributed by atoms with Crippen LogP contribution in [0.15, 0.2) is 42.5 Å². The Morgan fingerprint density at radius 2 is 1.47 bits per heavy atom. The van der Waals surface area contributed by atoms with Crippen LogP contribution in [0.2, 0.25) is 10.0 Å². The van der Waals surface area contributed by atoms with Crippen molar-refractivity contribution in [3.05, 3.63) is 69.2 Å². The quantitative estimate of drug-likeness (QED) is 0.583. The van der Waals surface area contributed by atoms with Gasteiger partial charge in [-0.2, -0.15) is 0 Å². The van der Waals surface area contributed by atoms with E-state index in [1.807, 2.05) is 12.1 Å². The molecule has 3 heteroatoms. The third-order valence-electron chi connectivity index (χ3n) is 2.99. The van der Waals surface area contributed by atoms with Crippen LogP contribution in [0, 0.1) is 0 Å². The van der Waals surface area contributed by atoms with Gasteiger partial charge < -0.3 is 0 Å². The first kappa shape index (κ1) is 14.7. The van der Waals surface area contributed by atoms with Crippen LogP contribution in [0.1, 0.15) is 35.4 Å². The number of rotatable bonds is 4. The van der Waals surface area contributed by atoms with Crippen LogP contribution in [0.25, 0.3) is 0 Å². The molecule has 2 aromatic rings. The van der Waals surface area contributed by atoms with Gasteiger partial charge >= 0.3 is 0 Å². The maximum atomic E-state index is 6.49. The first-order chi connectivity index (χ1) is 9.10. The van der Waals surface area contributed by atoms with Crippen molar-refractivity contribution >= 4 is 34.8 Å². The smallest absolute Gasteiger partial charge is 0.0836 e. The molecule has 0 saturated carbocycles. The molecule has 0 fully saturated rings. The Balaban J connectivity index is 2.25. The summed E-state index contributed by atoms with van der Waals surface area (Å²) in [5, 5.41) is 0.985. The van der Waals surface area contributed by atoms with Crippen LogP contribution >= 0.6 is 34.8 Å². The Morgan fingerprint density at radius 1 is 0.895 bits per heavy atom. The van der Waals surface area contributed by atoms with Crippen molar-refractivity contribution in [3.63, 3.8) is 0 Å². The Labute approximate surface area is 129 Å². The first-order valence-electron chi connectivity index (χ1n) is 6.29. The van der Waals surface area contributed by atoms with E-state index in [1.165, 1.54) is 5.56 Å². The highest BCUT2D eigenvalue weighted by Gasteiger charge is 2.12. The summed E-state index contributed by atoms with van der Waals surface area (Å²) in [7, 11) is 0. The van der Waals surface area contributed by atoms with Crippen molar-refractivity contribution in [1.82, 2.24) is 0 Å². The van der Waals surface area contributed by atoms with Crippen LogP contribution in [0.4, 0.5) is 0 Å². The van der Waals surface area contributed by atoms with Crippen molar-refractivity contribution in [3.8, 4) is 0 Å². The van der Waals surface area contributed by atoms with E-state index in [0.717, 1.165) is 24.0 Å². The van der Waals surface area contributed by atoms with Gasteiger partial charge in [0.15, 0.2) is 0 Å². The molecule has 0 amide bonds. The molecule has 0 aliphatic carbocycles. The van der Waals surface area contributed by atoms with Gasteiger partial charge in [0.2, 0.25) is 0 Å². The third kappa shape index (κ3) is 3.89. The SMILES string of the molecule is CCCc1ccc(C(Cl)c2cc(Cl)cc(Cl)c2)cc1. The number of hydrogen-bond donors (Lipinski definition) is 0. The second kappa shape index (κ2) is 6.65. The predicted octanol–water partition coefficient (Wildman–Crippen LogP) is 6.27. The predicted molar refractivity (Wildman–Crippen MR) is 84.6 cm³/mol. The Kier molecular flexibility index (Phi) is 5.15. The minimum absolute atomic E-state index is 0.230. The maximum absolute atomic E-state index is 6.49. The summed E-state index contributed by atoms with van der Waals surface area (Å²) in [6.45, 7) is 2.17. The van der Waals surface area contributed by atoms with Gasteiger partial charge in [-0.05, 0) is 41.3 Å². The van der Waals surface area contributed by atoms with E-state index in [1.54, 1.807) is 6.07 Å². The summed E-state index contributed by atoms with van der Waals surface area (Å²) in [5.41, 5.74) is 3.31. The van der Waals surface area contributed by atoms with Gasteiger partial charge in [-0.1, -0.05) is 60.8 Å². The summed E-state index contributed by atoms with van der Waals surface area (Å²) >= 11 is 18.5. The second-order valence-corrected chi connectivity index (χ2v) is 5.87. The normalized spacial score (nSPS) is 12.4. The van der Waals surface area contributed by atoms with E-state index in [2.05, 4.69) is 31.2 Å². The van der Waals surface area contributed by atoms with Gasteiger partial charge in [-0.25, -0.2) is 0 Å². The molecule has 2 rings (SSSR count). The van der Waals surface area contributed by atoms with Gasteiger partial charge in [-0.3, -0.25) is 0 Å². The standard InChI is InChI=1S/C16H15Cl3/c1-2-3-11-4-6-12(7-5-11)16(19)13-8-14(17)10-15(18)9-13/h4-10,16H,2-3H2,1H3. The summed E-state index contributed by atoms with van der Waals surface area (Å²) < 4.78 is 0. The topological polar surface area (TPSA) is 0 Å². The van der Waals surface area contributed by atoms with Gasteiger partial charge in [0.1, 0.15) is 0 Å².